The number of hydrogen-bond donors (Lipinski definition) is 3. The van der Waals surface area contributed by atoms with E-state index in [0.717, 1.165) is 0 Å². The predicted molar refractivity (Wildman–Crippen MR) is 57.9 cm³/mol. The number of amides is 2. The average molecular weight is 207 g/mol. The Kier molecular flexibility index (Phi) is 3.82. The number of primary amides is 1. The minimum Gasteiger partial charge on any atom is -0.351 e. The monoisotopic (exact) mass is 207 g/mol. The number of hydrogen-bond acceptors (Lipinski definition) is 3. The van der Waals surface area contributed by atoms with Crippen molar-refractivity contribution in [1.82, 2.24) is 5.32 Å². The molecule has 4 N–H and O–H groups in total. The molecule has 0 aliphatic rings. The summed E-state index contributed by atoms with van der Waals surface area (Å²) in [5.74, 6) is -0.0955. The number of para-hydroxylation sites is 1. The highest BCUT2D eigenvalue weighted by Gasteiger charge is 2.10. The minimum absolute atomic E-state index is 0.0955. The van der Waals surface area contributed by atoms with Gasteiger partial charge in [0.05, 0.1) is 12.2 Å². The number of ketones is 1. The van der Waals surface area contributed by atoms with Gasteiger partial charge in [-0.05, 0) is 19.2 Å². The molecular formula is C10H13N3O2. The van der Waals surface area contributed by atoms with Gasteiger partial charge in [0.2, 0.25) is 0 Å². The van der Waals surface area contributed by atoms with Gasteiger partial charge in [-0.1, -0.05) is 12.1 Å². The molecule has 0 fully saturated rings. The van der Waals surface area contributed by atoms with Gasteiger partial charge >= 0.3 is 6.03 Å². The van der Waals surface area contributed by atoms with E-state index in [2.05, 4.69) is 10.6 Å². The second-order valence-corrected chi connectivity index (χ2v) is 2.99. The van der Waals surface area contributed by atoms with Crippen molar-refractivity contribution < 1.29 is 9.59 Å². The number of Topliss-reactive ketones (excluding diaryl/α,β-unsaturated/α-hetero) is 1. The van der Waals surface area contributed by atoms with Crippen LogP contribution in [0.3, 0.4) is 0 Å². The highest BCUT2D eigenvalue weighted by molar-refractivity contribution is 6.05. The van der Waals surface area contributed by atoms with E-state index >= 15 is 0 Å². The van der Waals surface area contributed by atoms with Gasteiger partial charge in [-0.2, -0.15) is 0 Å². The van der Waals surface area contributed by atoms with Crippen LogP contribution in [-0.4, -0.2) is 25.4 Å². The fraction of sp³-hybridized carbons (Fsp3) is 0.200. The third-order valence-electron chi connectivity index (χ3n) is 1.82. The Bertz CT molecular complexity index is 377. The Morgan fingerprint density at radius 2 is 2.00 bits per heavy atom. The topological polar surface area (TPSA) is 84.2 Å². The number of nitrogens with one attached hydrogen (secondary N) is 2. The molecule has 0 aliphatic carbocycles. The van der Waals surface area contributed by atoms with Crippen LogP contribution < -0.4 is 16.4 Å². The number of urea groups is 1. The first kappa shape index (κ1) is 11.2. The maximum Gasteiger partial charge on any atom is 0.316 e. The molecule has 5 nitrogen and oxygen atoms in total. The molecule has 0 radical (unpaired) electrons. The van der Waals surface area contributed by atoms with E-state index in [0.29, 0.717) is 11.3 Å². The molecule has 1 rings (SSSR count). The molecule has 2 amide bonds. The van der Waals surface area contributed by atoms with Gasteiger partial charge in [0.1, 0.15) is 0 Å². The number of carbonyl (C=O) groups is 2. The summed E-state index contributed by atoms with van der Waals surface area (Å²) in [5, 5.41) is 5.16. The third kappa shape index (κ3) is 3.07. The maximum atomic E-state index is 11.6. The standard InChI is InChI=1S/C10H13N3O2/c1-12-6-9(14)7-4-2-3-5-8(7)13-10(11)15/h2-5,12H,6H2,1H3,(H3,11,13,15). The number of likely N-dealkylation sites (N-methyl/N-ethyl adjacent to an activating group) is 1. The van der Waals surface area contributed by atoms with Crippen molar-refractivity contribution in [3.8, 4) is 0 Å². The zero-order chi connectivity index (χ0) is 11.3. The summed E-state index contributed by atoms with van der Waals surface area (Å²) >= 11 is 0. The van der Waals surface area contributed by atoms with Crippen molar-refractivity contribution >= 4 is 17.5 Å². The van der Waals surface area contributed by atoms with Crippen LogP contribution in [0.1, 0.15) is 10.4 Å². The zero-order valence-corrected chi connectivity index (χ0v) is 8.41. The highest BCUT2D eigenvalue weighted by atomic mass is 16.2. The molecule has 80 valence electrons. The lowest BCUT2D eigenvalue weighted by molar-refractivity contribution is 0.0994. The Morgan fingerprint density at radius 3 is 2.60 bits per heavy atom. The Labute approximate surface area is 87.7 Å². The van der Waals surface area contributed by atoms with Crippen molar-refractivity contribution in [3.05, 3.63) is 29.8 Å². The average Bonchev–Trinajstić information content (AvgIpc) is 2.18. The summed E-state index contributed by atoms with van der Waals surface area (Å²) in [7, 11) is 1.68. The number of rotatable bonds is 4. The molecular weight excluding hydrogens is 194 g/mol. The fourth-order valence-corrected chi connectivity index (χ4v) is 1.22. The number of nitrogens with two attached hydrogens (primary N) is 1. The molecule has 0 aliphatic heterocycles. The molecule has 0 saturated heterocycles. The van der Waals surface area contributed by atoms with Gasteiger partial charge in [0, 0.05) is 5.56 Å². The van der Waals surface area contributed by atoms with Crippen molar-refractivity contribution in [2.75, 3.05) is 18.9 Å². The second kappa shape index (κ2) is 5.11. The molecule has 1 aromatic carbocycles. The van der Waals surface area contributed by atoms with Gasteiger partial charge in [0.15, 0.2) is 5.78 Å². The van der Waals surface area contributed by atoms with E-state index in [1.807, 2.05) is 0 Å². The van der Waals surface area contributed by atoms with Crippen LogP contribution in [0.5, 0.6) is 0 Å². The SMILES string of the molecule is CNCC(=O)c1ccccc1NC(N)=O. The van der Waals surface area contributed by atoms with Crippen LogP contribution in [0.2, 0.25) is 0 Å². The molecule has 15 heavy (non-hydrogen) atoms. The Morgan fingerprint density at radius 1 is 1.33 bits per heavy atom. The molecule has 0 aromatic heterocycles. The molecule has 5 heteroatoms. The number of benzene rings is 1. The predicted octanol–water partition coefficient (Wildman–Crippen LogP) is 0.579. The maximum absolute atomic E-state index is 11.6. The van der Waals surface area contributed by atoms with Crippen LogP contribution >= 0.6 is 0 Å². The minimum atomic E-state index is -0.681. The lowest BCUT2D eigenvalue weighted by Crippen LogP contribution is -2.23. The summed E-state index contributed by atoms with van der Waals surface area (Å²) in [5.41, 5.74) is 5.88. The lowest BCUT2D eigenvalue weighted by Gasteiger charge is -2.07. The van der Waals surface area contributed by atoms with E-state index in [1.54, 1.807) is 31.3 Å². The molecule has 1 aromatic rings. The molecule has 0 saturated carbocycles. The summed E-state index contributed by atoms with van der Waals surface area (Å²) < 4.78 is 0. The van der Waals surface area contributed by atoms with Crippen LogP contribution in [0, 0.1) is 0 Å². The Hall–Kier alpha value is -1.88. The van der Waals surface area contributed by atoms with E-state index in [1.165, 1.54) is 0 Å². The molecule has 0 unspecified atom stereocenters. The van der Waals surface area contributed by atoms with Gasteiger partial charge < -0.3 is 16.4 Å². The summed E-state index contributed by atoms with van der Waals surface area (Å²) in [4.78, 5) is 22.3. The quantitative estimate of drug-likeness (QED) is 0.631. The van der Waals surface area contributed by atoms with Crippen LogP contribution in [0.15, 0.2) is 24.3 Å². The molecule has 0 spiro atoms. The van der Waals surface area contributed by atoms with Crippen LogP contribution in [0.4, 0.5) is 10.5 Å². The Balaban J connectivity index is 2.95. The third-order valence-corrected chi connectivity index (χ3v) is 1.82. The highest BCUT2D eigenvalue weighted by Crippen LogP contribution is 2.14. The largest absolute Gasteiger partial charge is 0.351 e. The zero-order valence-electron chi connectivity index (χ0n) is 8.41. The van der Waals surface area contributed by atoms with Gasteiger partial charge in [0.25, 0.3) is 0 Å². The fourth-order valence-electron chi connectivity index (χ4n) is 1.22. The summed E-state index contributed by atoms with van der Waals surface area (Å²) in [6.07, 6.45) is 0. The van der Waals surface area contributed by atoms with Crippen molar-refractivity contribution in [3.63, 3.8) is 0 Å². The molecule has 0 heterocycles. The molecule has 0 atom stereocenters. The van der Waals surface area contributed by atoms with Gasteiger partial charge in [-0.15, -0.1) is 0 Å². The lowest BCUT2D eigenvalue weighted by atomic mass is 10.1. The number of carbonyl (C=O) groups excluding carboxylic acids is 2. The number of anilines is 1. The molecule has 0 bridgehead atoms. The van der Waals surface area contributed by atoms with E-state index in [-0.39, 0.29) is 12.3 Å². The van der Waals surface area contributed by atoms with Gasteiger partial charge in [-0.3, -0.25) is 4.79 Å². The normalized spacial score (nSPS) is 9.67. The van der Waals surface area contributed by atoms with Crippen molar-refractivity contribution in [1.29, 1.82) is 0 Å². The smallest absolute Gasteiger partial charge is 0.316 e. The second-order valence-electron chi connectivity index (χ2n) is 2.99. The van der Waals surface area contributed by atoms with Crippen LogP contribution in [-0.2, 0) is 0 Å². The van der Waals surface area contributed by atoms with Crippen molar-refractivity contribution in [2.45, 2.75) is 0 Å². The van der Waals surface area contributed by atoms with Gasteiger partial charge in [-0.25, -0.2) is 4.79 Å². The first-order chi connectivity index (χ1) is 7.15. The van der Waals surface area contributed by atoms with E-state index in [9.17, 15) is 9.59 Å². The summed E-state index contributed by atoms with van der Waals surface area (Å²) in [6.45, 7) is 0.220. The van der Waals surface area contributed by atoms with Crippen LogP contribution in [0.25, 0.3) is 0 Å². The van der Waals surface area contributed by atoms with E-state index in [4.69, 9.17) is 5.73 Å². The first-order valence-corrected chi connectivity index (χ1v) is 4.48. The van der Waals surface area contributed by atoms with E-state index < -0.39 is 6.03 Å². The summed E-state index contributed by atoms with van der Waals surface area (Å²) in [6, 6.07) is 6.05. The first-order valence-electron chi connectivity index (χ1n) is 4.48. The van der Waals surface area contributed by atoms with Crippen molar-refractivity contribution in [2.24, 2.45) is 5.73 Å².